The molecule has 2 aliphatic rings. The molecule has 1 aromatic carbocycles. The predicted octanol–water partition coefficient (Wildman–Crippen LogP) is 2.45. The van der Waals surface area contributed by atoms with Gasteiger partial charge in [0.2, 0.25) is 0 Å². The van der Waals surface area contributed by atoms with E-state index >= 15 is 0 Å². The van der Waals surface area contributed by atoms with Crippen molar-refractivity contribution in [2.45, 2.75) is 25.4 Å². The van der Waals surface area contributed by atoms with E-state index in [2.05, 4.69) is 5.32 Å². The van der Waals surface area contributed by atoms with Crippen molar-refractivity contribution in [3.8, 4) is 11.5 Å². The minimum atomic E-state index is 0.0800. The largest absolute Gasteiger partial charge is 0.486 e. The summed E-state index contributed by atoms with van der Waals surface area (Å²) in [5.74, 6) is 2.01. The van der Waals surface area contributed by atoms with E-state index in [1.54, 1.807) is 6.07 Å². The van der Waals surface area contributed by atoms with Gasteiger partial charge in [-0.25, -0.2) is 0 Å². The fourth-order valence-corrected chi connectivity index (χ4v) is 2.93. The summed E-state index contributed by atoms with van der Waals surface area (Å²) >= 11 is 6.02. The lowest BCUT2D eigenvalue weighted by Gasteiger charge is -2.31. The van der Waals surface area contributed by atoms with Gasteiger partial charge in [-0.1, -0.05) is 11.6 Å². The maximum atomic E-state index is 6.02. The maximum absolute atomic E-state index is 6.02. The molecule has 2 aliphatic heterocycles. The number of nitrogen functional groups attached to an aromatic ring is 1. The van der Waals surface area contributed by atoms with E-state index in [0.29, 0.717) is 34.7 Å². The number of halogens is 1. The lowest BCUT2D eigenvalue weighted by atomic mass is 9.92. The molecule has 1 aromatic rings. The van der Waals surface area contributed by atoms with Gasteiger partial charge in [0.25, 0.3) is 0 Å². The van der Waals surface area contributed by atoms with Crippen LogP contribution in [0, 0.1) is 5.92 Å². The van der Waals surface area contributed by atoms with Gasteiger partial charge < -0.3 is 20.5 Å². The first-order valence-corrected chi connectivity index (χ1v) is 7.20. The van der Waals surface area contributed by atoms with Gasteiger partial charge >= 0.3 is 0 Å². The van der Waals surface area contributed by atoms with E-state index in [4.69, 9.17) is 26.8 Å². The van der Waals surface area contributed by atoms with E-state index < -0.39 is 0 Å². The minimum absolute atomic E-state index is 0.0800. The molecule has 3 rings (SSSR count). The Morgan fingerprint density at radius 2 is 2.11 bits per heavy atom. The van der Waals surface area contributed by atoms with Crippen LogP contribution in [-0.2, 0) is 0 Å². The van der Waals surface area contributed by atoms with Crippen molar-refractivity contribution in [3.05, 3.63) is 17.2 Å². The summed E-state index contributed by atoms with van der Waals surface area (Å²) in [5, 5.41) is 3.89. The van der Waals surface area contributed by atoms with E-state index in [-0.39, 0.29) is 6.10 Å². The average molecular weight is 283 g/mol. The molecule has 0 aromatic heterocycles. The van der Waals surface area contributed by atoms with Crippen LogP contribution in [0.2, 0.25) is 5.02 Å². The summed E-state index contributed by atoms with van der Waals surface area (Å²) in [6, 6.07) is 3.56. The van der Waals surface area contributed by atoms with E-state index in [9.17, 15) is 0 Å². The highest BCUT2D eigenvalue weighted by Gasteiger charge is 2.27. The monoisotopic (exact) mass is 282 g/mol. The van der Waals surface area contributed by atoms with Crippen molar-refractivity contribution >= 4 is 17.3 Å². The molecule has 0 bridgehead atoms. The normalized spacial score (nSPS) is 23.3. The number of anilines is 1. The van der Waals surface area contributed by atoms with Crippen LogP contribution < -0.4 is 20.5 Å². The van der Waals surface area contributed by atoms with Gasteiger partial charge in [0.05, 0.1) is 10.7 Å². The molecule has 2 heterocycles. The van der Waals surface area contributed by atoms with E-state index in [1.807, 2.05) is 6.07 Å². The molecule has 0 aliphatic carbocycles. The lowest BCUT2D eigenvalue weighted by molar-refractivity contribution is 0.0687. The predicted molar refractivity (Wildman–Crippen MR) is 76.0 cm³/mol. The summed E-state index contributed by atoms with van der Waals surface area (Å²) in [6.45, 7) is 2.80. The zero-order chi connectivity index (χ0) is 13.2. The highest BCUT2D eigenvalue weighted by molar-refractivity contribution is 6.33. The zero-order valence-electron chi connectivity index (χ0n) is 10.8. The second-order valence-electron chi connectivity index (χ2n) is 5.27. The molecule has 0 radical (unpaired) electrons. The van der Waals surface area contributed by atoms with Crippen molar-refractivity contribution in [3.63, 3.8) is 0 Å². The number of ether oxygens (including phenoxy) is 2. The quantitative estimate of drug-likeness (QED) is 0.818. The van der Waals surface area contributed by atoms with Crippen LogP contribution in [0.15, 0.2) is 12.1 Å². The fourth-order valence-electron chi connectivity index (χ4n) is 2.78. The highest BCUT2D eigenvalue weighted by Crippen LogP contribution is 2.42. The lowest BCUT2D eigenvalue weighted by Crippen LogP contribution is -2.35. The molecule has 0 amide bonds. The molecular weight excluding hydrogens is 264 g/mol. The van der Waals surface area contributed by atoms with Gasteiger partial charge in [0.15, 0.2) is 11.5 Å². The summed E-state index contributed by atoms with van der Waals surface area (Å²) in [4.78, 5) is 0. The molecule has 19 heavy (non-hydrogen) atoms. The van der Waals surface area contributed by atoms with Gasteiger partial charge in [-0.15, -0.1) is 0 Å². The Bertz CT molecular complexity index is 461. The Labute approximate surface area is 118 Å². The molecule has 3 N–H and O–H groups in total. The van der Waals surface area contributed by atoms with Gasteiger partial charge in [-0.3, -0.25) is 0 Å². The SMILES string of the molecule is Nc1c(Cl)ccc2c1OC(CC1CCNCC1)CO2. The number of rotatable bonds is 2. The highest BCUT2D eigenvalue weighted by atomic mass is 35.5. The first-order chi connectivity index (χ1) is 9.24. The molecule has 0 saturated carbocycles. The van der Waals surface area contributed by atoms with E-state index in [1.165, 1.54) is 12.8 Å². The Morgan fingerprint density at radius 1 is 1.32 bits per heavy atom. The molecule has 4 nitrogen and oxygen atoms in total. The molecular formula is C14H19ClN2O2. The van der Waals surface area contributed by atoms with Gasteiger partial charge in [-0.2, -0.15) is 0 Å². The molecule has 104 valence electrons. The summed E-state index contributed by atoms with van der Waals surface area (Å²) in [7, 11) is 0. The first-order valence-electron chi connectivity index (χ1n) is 6.82. The van der Waals surface area contributed by atoms with Crippen molar-refractivity contribution in [2.24, 2.45) is 5.92 Å². The zero-order valence-corrected chi connectivity index (χ0v) is 11.6. The second-order valence-corrected chi connectivity index (χ2v) is 5.68. The summed E-state index contributed by atoms with van der Waals surface area (Å²) in [6.07, 6.45) is 3.51. The third-order valence-corrected chi connectivity index (χ3v) is 4.20. The van der Waals surface area contributed by atoms with Gasteiger partial charge in [0, 0.05) is 0 Å². The van der Waals surface area contributed by atoms with Crippen LogP contribution in [0.25, 0.3) is 0 Å². The third kappa shape index (κ3) is 2.74. The van der Waals surface area contributed by atoms with Crippen LogP contribution in [0.3, 0.4) is 0 Å². The molecule has 1 unspecified atom stereocenters. The number of nitrogens with two attached hydrogens (primary N) is 1. The fraction of sp³-hybridized carbons (Fsp3) is 0.571. The topological polar surface area (TPSA) is 56.5 Å². The average Bonchev–Trinajstić information content (AvgIpc) is 2.45. The van der Waals surface area contributed by atoms with Crippen molar-refractivity contribution in [1.82, 2.24) is 5.32 Å². The van der Waals surface area contributed by atoms with Crippen molar-refractivity contribution < 1.29 is 9.47 Å². The second kappa shape index (κ2) is 5.47. The van der Waals surface area contributed by atoms with Gasteiger partial charge in [-0.05, 0) is 50.4 Å². The number of hydrogen-bond acceptors (Lipinski definition) is 4. The smallest absolute Gasteiger partial charge is 0.186 e. The van der Waals surface area contributed by atoms with Crippen LogP contribution in [0.4, 0.5) is 5.69 Å². The minimum Gasteiger partial charge on any atom is -0.486 e. The van der Waals surface area contributed by atoms with Crippen LogP contribution >= 0.6 is 11.6 Å². The number of fused-ring (bicyclic) bond motifs is 1. The van der Waals surface area contributed by atoms with Crippen LogP contribution in [-0.4, -0.2) is 25.8 Å². The van der Waals surface area contributed by atoms with Crippen LogP contribution in [0.1, 0.15) is 19.3 Å². The molecule has 0 spiro atoms. The third-order valence-electron chi connectivity index (χ3n) is 3.87. The number of hydrogen-bond donors (Lipinski definition) is 2. The van der Waals surface area contributed by atoms with Gasteiger partial charge in [0.1, 0.15) is 12.7 Å². The molecule has 1 saturated heterocycles. The maximum Gasteiger partial charge on any atom is 0.186 e. The Hall–Kier alpha value is -1.13. The number of nitrogens with one attached hydrogen (secondary N) is 1. The van der Waals surface area contributed by atoms with Crippen molar-refractivity contribution in [2.75, 3.05) is 25.4 Å². The van der Waals surface area contributed by atoms with E-state index in [0.717, 1.165) is 19.5 Å². The summed E-state index contributed by atoms with van der Waals surface area (Å²) < 4.78 is 11.7. The summed E-state index contributed by atoms with van der Waals surface area (Å²) in [5.41, 5.74) is 6.43. The standard InChI is InChI=1S/C14H19ClN2O2/c15-11-1-2-12-14(13(11)16)19-10(8-18-12)7-9-3-5-17-6-4-9/h1-2,9-10,17H,3-8,16H2. The molecule has 1 atom stereocenters. The number of piperidine rings is 1. The number of benzene rings is 1. The van der Waals surface area contributed by atoms with Crippen LogP contribution in [0.5, 0.6) is 11.5 Å². The van der Waals surface area contributed by atoms with Crippen molar-refractivity contribution in [1.29, 1.82) is 0 Å². The Balaban J connectivity index is 1.69. The molecule has 5 heteroatoms. The Morgan fingerprint density at radius 3 is 2.89 bits per heavy atom. The Kier molecular flexibility index (Phi) is 3.71. The first kappa shape index (κ1) is 12.9. The molecule has 1 fully saturated rings.